The van der Waals surface area contributed by atoms with Crippen molar-refractivity contribution in [2.75, 3.05) is 17.2 Å². The van der Waals surface area contributed by atoms with Gasteiger partial charge in [0.2, 0.25) is 0 Å². The molecule has 0 spiro atoms. The average molecular weight is 520 g/mol. The number of pyridine rings is 1. The Bertz CT molecular complexity index is 1400. The summed E-state index contributed by atoms with van der Waals surface area (Å²) in [4.78, 5) is 4.46. The smallest absolute Gasteiger partial charge is 0.123 e. The molecule has 1 aliphatic heterocycles. The van der Waals surface area contributed by atoms with E-state index in [4.69, 9.17) is 11.6 Å². The molecule has 0 amide bonds. The van der Waals surface area contributed by atoms with Crippen molar-refractivity contribution >= 4 is 33.9 Å². The molecule has 2 aliphatic rings. The molecule has 4 N–H and O–H groups in total. The van der Waals surface area contributed by atoms with Crippen molar-refractivity contribution in [3.05, 3.63) is 76.5 Å². The van der Waals surface area contributed by atoms with E-state index in [1.54, 1.807) is 18.3 Å². The number of nitriles is 1. The molecular weight excluding hydrogens is 489 g/mol. The Morgan fingerprint density at radius 3 is 2.62 bits per heavy atom. The Morgan fingerprint density at radius 2 is 1.97 bits per heavy atom. The van der Waals surface area contributed by atoms with Gasteiger partial charge in [0.15, 0.2) is 0 Å². The van der Waals surface area contributed by atoms with Crippen LogP contribution in [0.1, 0.15) is 57.7 Å². The summed E-state index contributed by atoms with van der Waals surface area (Å²) in [7, 11) is 0. The second-order valence-electron chi connectivity index (χ2n) is 11.2. The minimum atomic E-state index is -0.313. The molecular formula is C28H31ClFN7. The molecule has 3 aromatic rings. The van der Waals surface area contributed by atoms with Crippen LogP contribution in [0.5, 0.6) is 0 Å². The Morgan fingerprint density at radius 1 is 1.24 bits per heavy atom. The fourth-order valence-corrected chi connectivity index (χ4v) is 4.59. The molecule has 0 saturated heterocycles. The third-order valence-corrected chi connectivity index (χ3v) is 7.10. The molecule has 192 valence electrons. The number of halogens is 2. The lowest BCUT2D eigenvalue weighted by atomic mass is 9.96. The molecule has 1 aromatic heterocycles. The zero-order chi connectivity index (χ0) is 26.4. The molecule has 2 aromatic carbocycles. The molecule has 0 radical (unpaired) electrons. The third-order valence-electron chi connectivity index (χ3n) is 6.81. The van der Waals surface area contributed by atoms with Crippen LogP contribution in [-0.2, 0) is 0 Å². The molecule has 0 bridgehead atoms. The number of anilines is 2. The zero-order valence-electron chi connectivity index (χ0n) is 21.4. The minimum Gasteiger partial charge on any atom is -0.383 e. The van der Waals surface area contributed by atoms with Crippen molar-refractivity contribution in [2.45, 2.75) is 52.1 Å². The van der Waals surface area contributed by atoms with Gasteiger partial charge >= 0.3 is 0 Å². The van der Waals surface area contributed by atoms with Crippen molar-refractivity contribution in [1.29, 1.82) is 5.26 Å². The summed E-state index contributed by atoms with van der Waals surface area (Å²) < 4.78 is 13.8. The lowest BCUT2D eigenvalue weighted by Crippen LogP contribution is -2.43. The van der Waals surface area contributed by atoms with E-state index < -0.39 is 0 Å². The number of nitrogens with zero attached hydrogens (tertiary/aromatic N) is 3. The number of aromatic nitrogens is 1. The van der Waals surface area contributed by atoms with Crippen LogP contribution < -0.4 is 21.6 Å². The van der Waals surface area contributed by atoms with E-state index in [1.807, 2.05) is 12.1 Å². The fourth-order valence-electron chi connectivity index (χ4n) is 4.32. The van der Waals surface area contributed by atoms with Crippen LogP contribution >= 0.6 is 11.6 Å². The van der Waals surface area contributed by atoms with Gasteiger partial charge in [0.25, 0.3) is 0 Å². The quantitative estimate of drug-likeness (QED) is 0.294. The third kappa shape index (κ3) is 5.29. The molecule has 1 fully saturated rings. The molecule has 1 saturated carbocycles. The van der Waals surface area contributed by atoms with Gasteiger partial charge in [-0.15, -0.1) is 5.53 Å². The van der Waals surface area contributed by atoms with E-state index in [0.717, 1.165) is 35.2 Å². The van der Waals surface area contributed by atoms with Gasteiger partial charge in [-0.3, -0.25) is 9.99 Å². The molecule has 7 nitrogen and oxygen atoms in total. The van der Waals surface area contributed by atoms with E-state index in [0.29, 0.717) is 28.3 Å². The first-order valence-corrected chi connectivity index (χ1v) is 12.8. The first-order chi connectivity index (χ1) is 17.6. The molecule has 37 heavy (non-hydrogen) atoms. The van der Waals surface area contributed by atoms with Gasteiger partial charge < -0.3 is 16.1 Å². The average Bonchev–Trinajstić information content (AvgIpc) is 3.40. The normalized spacial score (nSPS) is 17.1. The maximum Gasteiger partial charge on any atom is 0.123 e. The highest BCUT2D eigenvalue weighted by Gasteiger charge is 2.44. The number of hydrogen-bond donors (Lipinski definition) is 4. The highest BCUT2D eigenvalue weighted by molar-refractivity contribution is 6.35. The summed E-state index contributed by atoms with van der Waals surface area (Å²) in [6.45, 7) is 9.26. The van der Waals surface area contributed by atoms with E-state index >= 15 is 0 Å². The van der Waals surface area contributed by atoms with Crippen LogP contribution in [0.4, 0.5) is 15.8 Å². The largest absolute Gasteiger partial charge is 0.383 e. The molecule has 9 heteroatoms. The van der Waals surface area contributed by atoms with E-state index in [9.17, 15) is 9.65 Å². The Balaban J connectivity index is 1.55. The second-order valence-corrected chi connectivity index (χ2v) is 11.7. The predicted octanol–water partition coefficient (Wildman–Crippen LogP) is 6.23. The number of benzene rings is 2. The monoisotopic (exact) mass is 519 g/mol. The lowest BCUT2D eigenvalue weighted by molar-refractivity contribution is 0.190. The highest BCUT2D eigenvalue weighted by Crippen LogP contribution is 2.42. The molecule has 2 heterocycles. The maximum absolute atomic E-state index is 13.8. The van der Waals surface area contributed by atoms with Gasteiger partial charge in [-0.25, -0.2) is 4.39 Å². The number of hydrogen-bond acceptors (Lipinski definition) is 7. The molecule has 1 atom stereocenters. The van der Waals surface area contributed by atoms with Gasteiger partial charge in [0.1, 0.15) is 11.9 Å². The topological polar surface area (TPSA) is 88.0 Å². The first kappa shape index (κ1) is 25.1. The number of rotatable bonds is 7. The summed E-state index contributed by atoms with van der Waals surface area (Å²) in [5.41, 5.74) is 10.9. The van der Waals surface area contributed by atoms with Gasteiger partial charge in [0, 0.05) is 30.0 Å². The Kier molecular flexibility index (Phi) is 6.38. The number of nitrogens with one attached hydrogen (secondary N) is 4. The number of hydrazine groups is 2. The maximum atomic E-state index is 13.8. The van der Waals surface area contributed by atoms with Gasteiger partial charge in [-0.05, 0) is 55.0 Å². The predicted molar refractivity (Wildman–Crippen MR) is 146 cm³/mol. The standard InChI is InChI=1S/C28H31ClFN7/c1-27(2,3)16-33-24-18(13-31)14-32-26-21(24)11-20(12-22(26)29)34-25(17-5-7-19(30)8-6-17)23-15-37(36-35-23)28(4)9-10-28/h5-8,11-12,14-15,25,34-36H,9-10,16H2,1-4H3,(H,32,33)/t25-/m0/s1. The van der Waals surface area contributed by atoms with E-state index in [2.05, 4.69) is 71.6 Å². The van der Waals surface area contributed by atoms with Crippen LogP contribution in [0, 0.1) is 22.6 Å². The van der Waals surface area contributed by atoms with Gasteiger partial charge in [-0.2, -0.15) is 5.26 Å². The van der Waals surface area contributed by atoms with Crippen molar-refractivity contribution in [3.8, 4) is 6.07 Å². The lowest BCUT2D eigenvalue weighted by Gasteiger charge is -2.23. The van der Waals surface area contributed by atoms with Crippen molar-refractivity contribution in [1.82, 2.24) is 21.0 Å². The molecule has 0 unspecified atom stereocenters. The Labute approximate surface area is 221 Å². The summed E-state index contributed by atoms with van der Waals surface area (Å²) >= 11 is 6.71. The summed E-state index contributed by atoms with van der Waals surface area (Å²) in [5, 5.41) is 20.1. The summed E-state index contributed by atoms with van der Waals surface area (Å²) in [6.07, 6.45) is 5.83. The Hall–Kier alpha value is -3.54. The van der Waals surface area contributed by atoms with Crippen molar-refractivity contribution in [2.24, 2.45) is 5.41 Å². The molecule has 5 rings (SSSR count). The van der Waals surface area contributed by atoms with Crippen LogP contribution in [0.2, 0.25) is 5.02 Å². The zero-order valence-corrected chi connectivity index (χ0v) is 22.2. The van der Waals surface area contributed by atoms with Crippen LogP contribution in [0.15, 0.2) is 54.5 Å². The second kappa shape index (κ2) is 9.40. The summed E-state index contributed by atoms with van der Waals surface area (Å²) in [6, 6.07) is 12.2. The fraction of sp³-hybridized carbons (Fsp3) is 0.357. The van der Waals surface area contributed by atoms with Crippen molar-refractivity contribution < 1.29 is 4.39 Å². The van der Waals surface area contributed by atoms with E-state index in [-0.39, 0.29) is 22.8 Å². The van der Waals surface area contributed by atoms with Crippen molar-refractivity contribution in [3.63, 3.8) is 0 Å². The minimum absolute atomic E-state index is 0.00728. The molecule has 1 aliphatic carbocycles. The highest BCUT2D eigenvalue weighted by atomic mass is 35.5. The van der Waals surface area contributed by atoms with Crippen LogP contribution in [0.25, 0.3) is 10.9 Å². The van der Waals surface area contributed by atoms with Gasteiger partial charge in [-0.1, -0.05) is 44.5 Å². The van der Waals surface area contributed by atoms with Gasteiger partial charge in [0.05, 0.1) is 39.1 Å². The van der Waals surface area contributed by atoms with Crippen LogP contribution in [0.3, 0.4) is 0 Å². The first-order valence-electron chi connectivity index (χ1n) is 12.4. The number of fused-ring (bicyclic) bond motifs is 1. The van der Waals surface area contributed by atoms with E-state index in [1.165, 1.54) is 12.1 Å². The summed E-state index contributed by atoms with van der Waals surface area (Å²) in [5.74, 6) is -0.292. The van der Waals surface area contributed by atoms with Crippen LogP contribution in [-0.4, -0.2) is 22.1 Å². The SMILES string of the molecule is CC(C)(C)CNc1c(C#N)cnc2c(Cl)cc(N[C@H](C3=CN(C4(C)CC4)NN3)c3ccc(F)cc3)cc12.